The lowest BCUT2D eigenvalue weighted by Gasteiger charge is -2.02. The van der Waals surface area contributed by atoms with Crippen molar-refractivity contribution >= 4 is 18.1 Å². The summed E-state index contributed by atoms with van der Waals surface area (Å²) in [6, 6.07) is 18.1. The molecule has 0 saturated carbocycles. The Balaban J connectivity index is 1.68. The van der Waals surface area contributed by atoms with E-state index >= 15 is 0 Å². The normalized spacial score (nSPS) is 10.8. The quantitative estimate of drug-likeness (QED) is 0.381. The Kier molecular flexibility index (Phi) is 8.06. The second-order valence-electron chi connectivity index (χ2n) is 6.09. The van der Waals surface area contributed by atoms with Crippen LogP contribution in [0.3, 0.4) is 0 Å². The fourth-order valence-electron chi connectivity index (χ4n) is 2.54. The molecule has 2 aromatic carbocycles. The number of hydrogen-bond donors (Lipinski definition) is 2. The predicted molar refractivity (Wildman–Crippen MR) is 103 cm³/mol. The molecule has 0 aliphatic heterocycles. The minimum atomic E-state index is -0.770. The number of nitrogens with zero attached hydrogens (tertiary/aromatic N) is 1. The molecule has 0 bridgehead atoms. The molecule has 0 heterocycles. The van der Waals surface area contributed by atoms with E-state index in [1.165, 1.54) is 0 Å². The Morgan fingerprint density at radius 3 is 2.12 bits per heavy atom. The van der Waals surface area contributed by atoms with Gasteiger partial charge in [0.1, 0.15) is 0 Å². The number of benzene rings is 2. The lowest BCUT2D eigenvalue weighted by molar-refractivity contribution is -0.137. The van der Waals surface area contributed by atoms with Gasteiger partial charge in [-0.25, -0.2) is 5.43 Å². The first-order valence-electron chi connectivity index (χ1n) is 8.84. The maximum Gasteiger partial charge on any atom is 0.303 e. The number of carboxylic acids is 1. The van der Waals surface area contributed by atoms with Crippen molar-refractivity contribution in [2.45, 2.75) is 38.5 Å². The number of hydrazone groups is 1. The summed E-state index contributed by atoms with van der Waals surface area (Å²) in [5.41, 5.74) is 5.73. The Hall–Kier alpha value is -2.95. The number of amides is 1. The van der Waals surface area contributed by atoms with Gasteiger partial charge in [0.15, 0.2) is 0 Å². The summed E-state index contributed by atoms with van der Waals surface area (Å²) in [5.74, 6) is -0.894. The molecule has 0 aromatic heterocycles. The zero-order valence-corrected chi connectivity index (χ0v) is 14.7. The first-order valence-corrected chi connectivity index (χ1v) is 8.84. The van der Waals surface area contributed by atoms with Crippen LogP contribution in [0.15, 0.2) is 59.7 Å². The molecule has 26 heavy (non-hydrogen) atoms. The largest absolute Gasteiger partial charge is 0.481 e. The van der Waals surface area contributed by atoms with Gasteiger partial charge in [0.2, 0.25) is 5.91 Å². The second kappa shape index (κ2) is 10.8. The molecule has 0 radical (unpaired) electrons. The number of carbonyl (C=O) groups excluding carboxylic acids is 1. The molecular formula is C21H24N2O3. The van der Waals surface area contributed by atoms with E-state index in [1.807, 2.05) is 42.5 Å². The maximum atomic E-state index is 11.7. The van der Waals surface area contributed by atoms with Crippen LogP contribution in [0.5, 0.6) is 0 Å². The number of carboxylic acid groups (broad SMARTS) is 1. The van der Waals surface area contributed by atoms with Gasteiger partial charge in [0, 0.05) is 12.8 Å². The molecule has 2 N–H and O–H groups in total. The van der Waals surface area contributed by atoms with Crippen molar-refractivity contribution in [3.63, 3.8) is 0 Å². The zero-order chi connectivity index (χ0) is 18.6. The molecule has 0 saturated heterocycles. The first-order chi connectivity index (χ1) is 12.6. The van der Waals surface area contributed by atoms with Gasteiger partial charge in [-0.15, -0.1) is 0 Å². The van der Waals surface area contributed by atoms with Gasteiger partial charge < -0.3 is 5.11 Å². The topological polar surface area (TPSA) is 78.8 Å². The molecule has 0 atom stereocenters. The lowest BCUT2D eigenvalue weighted by Crippen LogP contribution is -2.16. The summed E-state index contributed by atoms with van der Waals surface area (Å²) >= 11 is 0. The molecule has 1 amide bonds. The Morgan fingerprint density at radius 2 is 1.46 bits per heavy atom. The molecule has 0 aliphatic carbocycles. The number of rotatable bonds is 10. The number of carbonyl (C=O) groups is 2. The van der Waals surface area contributed by atoms with Crippen LogP contribution < -0.4 is 5.43 Å². The number of aliphatic carboxylic acids is 1. The van der Waals surface area contributed by atoms with E-state index in [9.17, 15) is 9.59 Å². The van der Waals surface area contributed by atoms with Crippen molar-refractivity contribution in [3.05, 3.63) is 60.2 Å². The highest BCUT2D eigenvalue weighted by molar-refractivity contribution is 5.83. The van der Waals surface area contributed by atoms with E-state index in [0.29, 0.717) is 12.8 Å². The SMILES string of the molecule is O=C(O)CCCCCCC(=O)N/N=C/c1ccc(-c2ccccc2)cc1. The molecule has 2 rings (SSSR count). The molecule has 0 fully saturated rings. The molecule has 2 aromatic rings. The van der Waals surface area contributed by atoms with Gasteiger partial charge in [-0.05, 0) is 29.5 Å². The van der Waals surface area contributed by atoms with Crippen LogP contribution in [-0.4, -0.2) is 23.2 Å². The van der Waals surface area contributed by atoms with Crippen molar-refractivity contribution < 1.29 is 14.7 Å². The zero-order valence-electron chi connectivity index (χ0n) is 14.7. The van der Waals surface area contributed by atoms with Crippen LogP contribution >= 0.6 is 0 Å². The Labute approximate surface area is 153 Å². The molecular weight excluding hydrogens is 328 g/mol. The summed E-state index contributed by atoms with van der Waals surface area (Å²) in [5, 5.41) is 12.5. The summed E-state index contributed by atoms with van der Waals surface area (Å²) in [4.78, 5) is 22.1. The van der Waals surface area contributed by atoms with Crippen molar-refractivity contribution in [3.8, 4) is 11.1 Å². The van der Waals surface area contributed by atoms with E-state index in [-0.39, 0.29) is 12.3 Å². The summed E-state index contributed by atoms with van der Waals surface area (Å²) < 4.78 is 0. The van der Waals surface area contributed by atoms with Crippen LogP contribution in [0, 0.1) is 0 Å². The fourth-order valence-corrected chi connectivity index (χ4v) is 2.54. The number of nitrogens with one attached hydrogen (secondary N) is 1. The molecule has 0 unspecified atom stereocenters. The highest BCUT2D eigenvalue weighted by atomic mass is 16.4. The minimum absolute atomic E-state index is 0.125. The Morgan fingerprint density at radius 1 is 0.846 bits per heavy atom. The summed E-state index contributed by atoms with van der Waals surface area (Å²) in [7, 11) is 0. The van der Waals surface area contributed by atoms with Crippen LogP contribution in [0.25, 0.3) is 11.1 Å². The Bertz CT molecular complexity index is 725. The van der Waals surface area contributed by atoms with Gasteiger partial charge >= 0.3 is 5.97 Å². The minimum Gasteiger partial charge on any atom is -0.481 e. The third-order valence-electron chi connectivity index (χ3n) is 3.97. The number of unbranched alkanes of at least 4 members (excludes halogenated alkanes) is 3. The number of hydrogen-bond acceptors (Lipinski definition) is 3. The maximum absolute atomic E-state index is 11.7. The highest BCUT2D eigenvalue weighted by Gasteiger charge is 2.01. The van der Waals surface area contributed by atoms with Crippen molar-refractivity contribution in [2.24, 2.45) is 5.10 Å². The van der Waals surface area contributed by atoms with Crippen LogP contribution in [0.1, 0.15) is 44.1 Å². The van der Waals surface area contributed by atoms with E-state index in [1.54, 1.807) is 6.21 Å². The monoisotopic (exact) mass is 352 g/mol. The third kappa shape index (κ3) is 7.30. The van der Waals surface area contributed by atoms with E-state index in [2.05, 4.69) is 22.7 Å². The highest BCUT2D eigenvalue weighted by Crippen LogP contribution is 2.18. The van der Waals surface area contributed by atoms with Crippen LogP contribution in [0.2, 0.25) is 0 Å². The average molecular weight is 352 g/mol. The molecule has 0 aliphatic rings. The van der Waals surface area contributed by atoms with Gasteiger partial charge in [-0.3, -0.25) is 9.59 Å². The average Bonchev–Trinajstić information content (AvgIpc) is 2.65. The lowest BCUT2D eigenvalue weighted by atomic mass is 10.0. The second-order valence-corrected chi connectivity index (χ2v) is 6.09. The van der Waals surface area contributed by atoms with Gasteiger partial charge in [-0.2, -0.15) is 5.10 Å². The fraction of sp³-hybridized carbons (Fsp3) is 0.286. The van der Waals surface area contributed by atoms with Gasteiger partial charge in [-0.1, -0.05) is 67.4 Å². The third-order valence-corrected chi connectivity index (χ3v) is 3.97. The molecule has 5 nitrogen and oxygen atoms in total. The van der Waals surface area contributed by atoms with Crippen LogP contribution in [-0.2, 0) is 9.59 Å². The van der Waals surface area contributed by atoms with Gasteiger partial charge in [0.25, 0.3) is 0 Å². The van der Waals surface area contributed by atoms with Gasteiger partial charge in [0.05, 0.1) is 6.21 Å². The smallest absolute Gasteiger partial charge is 0.303 e. The standard InChI is InChI=1S/C21H24N2O3/c24-20(10-6-1-2-7-11-21(25)26)23-22-16-17-12-14-19(15-13-17)18-8-4-3-5-9-18/h3-5,8-9,12-16H,1-2,6-7,10-11H2,(H,23,24)(H,25,26)/b22-16+. The molecule has 136 valence electrons. The molecule has 0 spiro atoms. The summed E-state index contributed by atoms with van der Waals surface area (Å²) in [6.07, 6.45) is 5.30. The van der Waals surface area contributed by atoms with Crippen molar-refractivity contribution in [2.75, 3.05) is 0 Å². The first kappa shape index (κ1) is 19.4. The van der Waals surface area contributed by atoms with E-state index in [4.69, 9.17) is 5.11 Å². The van der Waals surface area contributed by atoms with Crippen molar-refractivity contribution in [1.29, 1.82) is 0 Å². The van der Waals surface area contributed by atoms with Crippen LogP contribution in [0.4, 0.5) is 0 Å². The van der Waals surface area contributed by atoms with E-state index < -0.39 is 5.97 Å². The predicted octanol–water partition coefficient (Wildman–Crippen LogP) is 4.23. The van der Waals surface area contributed by atoms with Crippen molar-refractivity contribution in [1.82, 2.24) is 5.43 Å². The summed E-state index contributed by atoms with van der Waals surface area (Å²) in [6.45, 7) is 0. The molecule has 5 heteroatoms. The van der Waals surface area contributed by atoms with E-state index in [0.717, 1.165) is 36.0 Å².